The van der Waals surface area contributed by atoms with Gasteiger partial charge in [0, 0.05) is 0 Å². The van der Waals surface area contributed by atoms with Crippen molar-refractivity contribution in [3.05, 3.63) is 33.8 Å². The van der Waals surface area contributed by atoms with Crippen LogP contribution in [0, 0.1) is 0 Å². The van der Waals surface area contributed by atoms with Gasteiger partial charge in [0.1, 0.15) is 0 Å². The topological polar surface area (TPSA) is 49.4 Å². The van der Waals surface area contributed by atoms with Crippen LogP contribution in [0.2, 0.25) is 10.0 Å². The van der Waals surface area contributed by atoms with E-state index in [2.05, 4.69) is 26.1 Å². The number of rotatable bonds is 2. The maximum atomic E-state index is 10.9. The van der Waals surface area contributed by atoms with Gasteiger partial charge < -0.3 is 9.29 Å². The summed E-state index contributed by atoms with van der Waals surface area (Å²) in [6, 6.07) is 5.05. The number of methoxy groups -OCH3 is 1. The van der Waals surface area contributed by atoms with Crippen LogP contribution in [-0.2, 0) is 25.6 Å². The van der Waals surface area contributed by atoms with E-state index in [0.717, 1.165) is 5.56 Å². The maximum Gasteiger partial charge on any atom is 0.309 e. The molecule has 96 valence electrons. The first-order chi connectivity index (χ1) is 7.86. The molecule has 0 aliphatic heterocycles. The number of hydrogen-bond donors (Lipinski definition) is 0. The first kappa shape index (κ1) is 17.2. The molecule has 8 heteroatoms. The van der Waals surface area contributed by atoms with E-state index in [1.165, 1.54) is 7.11 Å². The molecule has 17 heavy (non-hydrogen) atoms. The first-order valence-corrected chi connectivity index (χ1v) is 7.67. The summed E-state index contributed by atoms with van der Waals surface area (Å²) in [5.41, 5.74) is 0.793. The molecular weight excluding hydrogens is 330 g/mol. The van der Waals surface area contributed by atoms with E-state index in [1.54, 1.807) is 18.2 Å². The zero-order valence-corrected chi connectivity index (χ0v) is 12.4. The van der Waals surface area contributed by atoms with Gasteiger partial charge in [0.25, 0.3) is 0 Å². The van der Waals surface area contributed by atoms with E-state index >= 15 is 0 Å². The minimum absolute atomic E-state index is 0.216. The Labute approximate surface area is 121 Å². The van der Waals surface area contributed by atoms with Crippen molar-refractivity contribution >= 4 is 60.1 Å². The number of esters is 1. The third-order valence-corrected chi connectivity index (χ3v) is 2.30. The summed E-state index contributed by atoms with van der Waals surface area (Å²) in [4.78, 5) is 10.9. The highest BCUT2D eigenvalue weighted by Crippen LogP contribution is 2.22. The van der Waals surface area contributed by atoms with Gasteiger partial charge in [-0.05, 0) is 17.7 Å². The predicted molar refractivity (Wildman–Crippen MR) is 72.0 cm³/mol. The summed E-state index contributed by atoms with van der Waals surface area (Å²) in [6.45, 7) is 0. The molecule has 1 aromatic rings. The van der Waals surface area contributed by atoms with Crippen molar-refractivity contribution in [2.75, 3.05) is 7.11 Å². The van der Waals surface area contributed by atoms with E-state index in [-0.39, 0.29) is 12.4 Å². The zero-order chi connectivity index (χ0) is 13.4. The van der Waals surface area contributed by atoms with Gasteiger partial charge in [0.05, 0.1) is 23.6 Å². The lowest BCUT2D eigenvalue weighted by Crippen LogP contribution is -2.04. The predicted octanol–water partition coefficient (Wildman–Crippen LogP) is 3.75. The van der Waals surface area contributed by atoms with Crippen LogP contribution in [0.15, 0.2) is 18.2 Å². The molecule has 0 atom stereocenters. The highest BCUT2D eigenvalue weighted by atomic mass is 36.0. The second kappa shape index (κ2) is 9.14. The van der Waals surface area contributed by atoms with Crippen LogP contribution in [0.3, 0.4) is 0 Å². The van der Waals surface area contributed by atoms with Crippen molar-refractivity contribution < 1.29 is 14.1 Å². The first-order valence-electron chi connectivity index (χ1n) is 4.11. The Hall–Kier alpha value is 0.160. The fraction of sp³-hybridized carbons (Fsp3) is 0.222. The van der Waals surface area contributed by atoms with Crippen molar-refractivity contribution in [1.29, 1.82) is 0 Å². The molecule has 0 radical (unpaired) electrons. The fourth-order valence-corrected chi connectivity index (χ4v) is 1.21. The van der Waals surface area contributed by atoms with Crippen molar-refractivity contribution in [2.24, 2.45) is 0 Å². The van der Waals surface area contributed by atoms with E-state index in [0.29, 0.717) is 10.0 Å². The van der Waals surface area contributed by atoms with Crippen LogP contribution >= 0.6 is 44.6 Å². The van der Waals surface area contributed by atoms with Gasteiger partial charge in [-0.2, -0.15) is 0 Å². The third kappa shape index (κ3) is 8.83. The number of carbonyl (C=O) groups is 1. The van der Waals surface area contributed by atoms with Crippen LogP contribution < -0.4 is 0 Å². The molecular formula is C9H8Cl4O3S. The van der Waals surface area contributed by atoms with Crippen LogP contribution in [-0.4, -0.2) is 17.6 Å². The maximum absolute atomic E-state index is 10.9. The number of ether oxygens (including phenoxy) is 1. The lowest BCUT2D eigenvalue weighted by molar-refractivity contribution is -0.139. The number of halogens is 4. The van der Waals surface area contributed by atoms with E-state index in [4.69, 9.17) is 27.8 Å². The van der Waals surface area contributed by atoms with Gasteiger partial charge in [-0.3, -0.25) is 4.79 Å². The molecule has 0 aromatic heterocycles. The van der Waals surface area contributed by atoms with E-state index in [1.807, 2.05) is 0 Å². The summed E-state index contributed by atoms with van der Waals surface area (Å²) in [6.07, 6.45) is 0.216. The van der Waals surface area contributed by atoms with E-state index in [9.17, 15) is 4.79 Å². The average molecular weight is 338 g/mol. The Morgan fingerprint density at radius 2 is 1.88 bits per heavy atom. The van der Waals surface area contributed by atoms with Crippen molar-refractivity contribution in [1.82, 2.24) is 0 Å². The average Bonchev–Trinajstić information content (AvgIpc) is 2.22. The highest BCUT2D eigenvalue weighted by molar-refractivity contribution is 8.31. The minimum atomic E-state index is -1.67. The lowest BCUT2D eigenvalue weighted by atomic mass is 10.1. The molecule has 0 amide bonds. The van der Waals surface area contributed by atoms with Gasteiger partial charge in [-0.15, -0.1) is 0 Å². The van der Waals surface area contributed by atoms with Gasteiger partial charge in [-0.25, -0.2) is 0 Å². The Balaban J connectivity index is 0.000000557. The normalized spacial score (nSPS) is 9.59. The number of benzene rings is 1. The molecule has 0 spiro atoms. The summed E-state index contributed by atoms with van der Waals surface area (Å²) in [5.74, 6) is -0.293. The third-order valence-electron chi connectivity index (χ3n) is 1.56. The summed E-state index contributed by atoms with van der Waals surface area (Å²) in [5, 5.41) is 0.929. The quantitative estimate of drug-likeness (QED) is 0.610. The fourth-order valence-electron chi connectivity index (χ4n) is 0.888. The zero-order valence-electron chi connectivity index (χ0n) is 8.58. The minimum Gasteiger partial charge on any atom is -0.582 e. The summed E-state index contributed by atoms with van der Waals surface area (Å²) < 4.78 is 13.6. The summed E-state index contributed by atoms with van der Waals surface area (Å²) in [7, 11) is 8.71. The molecule has 1 aromatic carbocycles. The van der Waals surface area contributed by atoms with Gasteiger partial charge in [-0.1, -0.05) is 29.3 Å². The van der Waals surface area contributed by atoms with Crippen LogP contribution in [0.25, 0.3) is 0 Å². The number of carbonyl (C=O) groups excluding carboxylic acids is 1. The Bertz CT molecular complexity index is 371. The van der Waals surface area contributed by atoms with Crippen molar-refractivity contribution in [2.45, 2.75) is 6.42 Å². The molecule has 0 unspecified atom stereocenters. The van der Waals surface area contributed by atoms with Gasteiger partial charge in [0.2, 0.25) is 0 Å². The molecule has 0 fully saturated rings. The lowest BCUT2D eigenvalue weighted by Gasteiger charge is -2.01. The van der Waals surface area contributed by atoms with Gasteiger partial charge in [0.15, 0.2) is 31.0 Å². The molecule has 0 aliphatic carbocycles. The largest absolute Gasteiger partial charge is 0.582 e. The van der Waals surface area contributed by atoms with Crippen LogP contribution in [0.4, 0.5) is 0 Å². The van der Waals surface area contributed by atoms with Crippen LogP contribution in [0.1, 0.15) is 5.56 Å². The Morgan fingerprint density at radius 1 is 1.35 bits per heavy atom. The van der Waals surface area contributed by atoms with Crippen molar-refractivity contribution in [3.63, 3.8) is 0 Å². The second-order valence-corrected chi connectivity index (χ2v) is 6.02. The molecule has 0 bridgehead atoms. The molecule has 0 N–H and O–H groups in total. The Morgan fingerprint density at radius 3 is 2.29 bits per heavy atom. The molecule has 0 saturated heterocycles. The SMILES string of the molecule is COC(=O)Cc1ccc(Cl)c(Cl)c1.[O-][S+](Cl)Cl. The van der Waals surface area contributed by atoms with E-state index < -0.39 is 9.60 Å². The highest BCUT2D eigenvalue weighted by Gasteiger charge is 2.04. The van der Waals surface area contributed by atoms with Gasteiger partial charge >= 0.3 is 5.97 Å². The molecule has 1 rings (SSSR count). The number of hydrogen-bond acceptors (Lipinski definition) is 3. The van der Waals surface area contributed by atoms with Crippen LogP contribution in [0.5, 0.6) is 0 Å². The standard InChI is InChI=1S/C9H8Cl2O2.Cl2OS/c1-13-9(12)5-6-2-3-7(10)8(11)4-6;1-4(2)3/h2-4H,5H2,1H3;. The molecule has 0 aliphatic rings. The summed E-state index contributed by atoms with van der Waals surface area (Å²) >= 11 is 11.5. The molecule has 0 saturated carbocycles. The smallest absolute Gasteiger partial charge is 0.309 e. The van der Waals surface area contributed by atoms with Crippen molar-refractivity contribution in [3.8, 4) is 0 Å². The molecule has 0 heterocycles. The molecule has 3 nitrogen and oxygen atoms in total. The monoisotopic (exact) mass is 336 g/mol. The second-order valence-electron chi connectivity index (χ2n) is 2.69. The Kier molecular flexibility index (Phi) is 9.22.